The number of carbonyl (C=O) groups excluding carboxylic acids is 1. The van der Waals surface area contributed by atoms with Crippen molar-refractivity contribution in [1.29, 1.82) is 0 Å². The zero-order chi connectivity index (χ0) is 53.1. The van der Waals surface area contributed by atoms with Gasteiger partial charge in [-0.2, -0.15) is 10.2 Å². The van der Waals surface area contributed by atoms with Gasteiger partial charge in [0, 0.05) is 11.1 Å². The topological polar surface area (TPSA) is 149 Å². The van der Waals surface area contributed by atoms with E-state index in [2.05, 4.69) is 62.4 Å². The molecule has 404 valence electrons. The molecule has 0 aliphatic heterocycles. The third kappa shape index (κ3) is 11.4. The number of aryl methyl sites for hydroxylation is 2. The first kappa shape index (κ1) is 53.4. The van der Waals surface area contributed by atoms with Crippen molar-refractivity contribution in [2.75, 3.05) is 14.2 Å². The van der Waals surface area contributed by atoms with Crippen LogP contribution in [-0.4, -0.2) is 73.9 Å². The molecule has 4 aromatic carbocycles. The van der Waals surface area contributed by atoms with E-state index >= 15 is 0 Å². The summed E-state index contributed by atoms with van der Waals surface area (Å²) in [7, 11) is 3.31. The van der Waals surface area contributed by atoms with Crippen LogP contribution in [0.4, 0.5) is 4.79 Å². The summed E-state index contributed by atoms with van der Waals surface area (Å²) in [4.78, 5) is 13.8. The van der Waals surface area contributed by atoms with Gasteiger partial charge in [0.2, 0.25) is 12.6 Å². The van der Waals surface area contributed by atoms with E-state index in [0.717, 1.165) is 108 Å². The molecule has 13 heteroatoms. The standard InChI is InChI=1S/C63H78N4O9/c1-43-17-21-47(22-18-43)55-41-57(64-66(55)51-25-29-53(71-5)30-26-51)60(69)33-37-62(38-34-60,49-13-9-7-10-14-49)75-45(3)73-59(68)74-46(4)76-63(50-15-11-8-12-16-50)39-35-61(70,36-40-63)58-42-56(48-23-19-44(2)20-24-48)67(65-58)52-27-31-54(72-6)32-28-52/h17-32,41-42,45-46,49-50,69-70H,7-16,33-40H2,1-6H3. The van der Waals surface area contributed by atoms with Crippen molar-refractivity contribution in [3.63, 3.8) is 0 Å². The molecule has 0 radical (unpaired) electrons. The summed E-state index contributed by atoms with van der Waals surface area (Å²) < 4.78 is 40.6. The van der Waals surface area contributed by atoms with Crippen LogP contribution in [0.5, 0.6) is 11.5 Å². The van der Waals surface area contributed by atoms with E-state index in [-0.39, 0.29) is 11.8 Å². The fourth-order valence-electron chi connectivity index (χ4n) is 13.1. The predicted octanol–water partition coefficient (Wildman–Crippen LogP) is 13.8. The van der Waals surface area contributed by atoms with Crippen molar-refractivity contribution >= 4 is 6.16 Å². The molecule has 2 unspecified atom stereocenters. The summed E-state index contributed by atoms with van der Waals surface area (Å²) in [5.41, 5.74) is 5.51. The quantitative estimate of drug-likeness (QED) is 0.0705. The Hall–Kier alpha value is -5.99. The third-order valence-corrected chi connectivity index (χ3v) is 17.6. The number of hydrogen-bond acceptors (Lipinski definition) is 11. The van der Waals surface area contributed by atoms with Gasteiger partial charge < -0.3 is 38.6 Å². The molecule has 76 heavy (non-hydrogen) atoms. The number of hydrogen-bond donors (Lipinski definition) is 2. The second-order valence-corrected chi connectivity index (χ2v) is 22.5. The van der Waals surface area contributed by atoms with E-state index in [1.54, 1.807) is 28.1 Å². The molecule has 0 saturated heterocycles. The molecule has 2 N–H and O–H groups in total. The Morgan fingerprint density at radius 1 is 0.513 bits per heavy atom. The number of benzene rings is 4. The molecule has 10 rings (SSSR count). The van der Waals surface area contributed by atoms with Gasteiger partial charge in [0.05, 0.1) is 59.6 Å². The van der Waals surface area contributed by atoms with Crippen LogP contribution in [0.3, 0.4) is 0 Å². The number of aromatic nitrogens is 4. The summed E-state index contributed by atoms with van der Waals surface area (Å²) in [6.07, 6.45) is 12.3. The first-order valence-corrected chi connectivity index (χ1v) is 28.0. The van der Waals surface area contributed by atoms with Crippen molar-refractivity contribution in [2.24, 2.45) is 11.8 Å². The lowest BCUT2D eigenvalue weighted by atomic mass is 9.65. The number of aliphatic hydroxyl groups is 2. The van der Waals surface area contributed by atoms with E-state index in [0.29, 0.717) is 62.8 Å². The molecule has 2 atom stereocenters. The van der Waals surface area contributed by atoms with Crippen LogP contribution in [0.25, 0.3) is 33.9 Å². The Morgan fingerprint density at radius 2 is 0.855 bits per heavy atom. The van der Waals surface area contributed by atoms with Crippen LogP contribution < -0.4 is 9.47 Å². The second-order valence-electron chi connectivity index (χ2n) is 22.5. The predicted molar refractivity (Wildman–Crippen MR) is 293 cm³/mol. The van der Waals surface area contributed by atoms with Gasteiger partial charge in [-0.1, -0.05) is 98.2 Å². The first-order valence-electron chi connectivity index (χ1n) is 28.0. The van der Waals surface area contributed by atoms with Crippen molar-refractivity contribution in [2.45, 2.75) is 178 Å². The van der Waals surface area contributed by atoms with Crippen LogP contribution in [0.15, 0.2) is 109 Å². The molecule has 0 amide bonds. The highest BCUT2D eigenvalue weighted by Gasteiger charge is 2.52. The Balaban J connectivity index is 0.818. The van der Waals surface area contributed by atoms with E-state index in [1.165, 1.54) is 12.8 Å². The molecule has 4 aliphatic rings. The highest BCUT2D eigenvalue weighted by Crippen LogP contribution is 2.52. The van der Waals surface area contributed by atoms with E-state index in [4.69, 9.17) is 38.6 Å². The fraction of sp³-hybridized carbons (Fsp3) is 0.508. The van der Waals surface area contributed by atoms with Crippen LogP contribution in [0.2, 0.25) is 0 Å². The van der Waals surface area contributed by atoms with Gasteiger partial charge in [-0.05, 0) is 177 Å². The Labute approximate surface area is 448 Å². The van der Waals surface area contributed by atoms with E-state index in [1.807, 2.05) is 70.0 Å². The van der Waals surface area contributed by atoms with Crippen LogP contribution in [0.1, 0.15) is 152 Å². The summed E-state index contributed by atoms with van der Waals surface area (Å²) >= 11 is 0. The number of ether oxygens (including phenoxy) is 6. The van der Waals surface area contributed by atoms with Crippen molar-refractivity contribution in [1.82, 2.24) is 19.6 Å². The highest BCUT2D eigenvalue weighted by atomic mass is 16.8. The molecule has 0 spiro atoms. The summed E-state index contributed by atoms with van der Waals surface area (Å²) in [6, 6.07) is 36.4. The molecule has 4 fully saturated rings. The minimum Gasteiger partial charge on any atom is -0.497 e. The summed E-state index contributed by atoms with van der Waals surface area (Å²) in [5, 5.41) is 35.4. The number of rotatable bonds is 16. The van der Waals surface area contributed by atoms with Gasteiger partial charge in [0.1, 0.15) is 22.7 Å². The van der Waals surface area contributed by atoms with E-state index < -0.39 is 41.1 Å². The maximum Gasteiger partial charge on any atom is 0.512 e. The van der Waals surface area contributed by atoms with Gasteiger partial charge in [0.25, 0.3) is 0 Å². The molecule has 4 aliphatic carbocycles. The molecular weight excluding hydrogens is 957 g/mol. The molecule has 2 aromatic heterocycles. The maximum atomic E-state index is 13.8. The molecule has 0 bridgehead atoms. The molecule has 6 aromatic rings. The van der Waals surface area contributed by atoms with Crippen molar-refractivity contribution in [3.05, 3.63) is 132 Å². The average Bonchev–Trinajstić information content (AvgIpc) is 4.12. The minimum atomic E-state index is -1.19. The van der Waals surface area contributed by atoms with E-state index in [9.17, 15) is 15.0 Å². The lowest BCUT2D eigenvalue weighted by molar-refractivity contribution is -0.254. The fourth-order valence-corrected chi connectivity index (χ4v) is 13.1. The maximum absolute atomic E-state index is 13.8. The van der Waals surface area contributed by atoms with Crippen LogP contribution >= 0.6 is 0 Å². The molecule has 13 nitrogen and oxygen atoms in total. The number of carbonyl (C=O) groups is 1. The van der Waals surface area contributed by atoms with Gasteiger partial charge in [0.15, 0.2) is 0 Å². The summed E-state index contributed by atoms with van der Waals surface area (Å²) in [6.45, 7) is 7.69. The van der Waals surface area contributed by atoms with Crippen LogP contribution in [0, 0.1) is 25.7 Å². The number of methoxy groups -OCH3 is 2. The largest absolute Gasteiger partial charge is 0.512 e. The minimum absolute atomic E-state index is 0.251. The normalized spacial score (nSPS) is 25.4. The zero-order valence-corrected chi connectivity index (χ0v) is 45.5. The average molecular weight is 1040 g/mol. The molecule has 4 saturated carbocycles. The number of nitrogens with zero attached hydrogens (tertiary/aromatic N) is 4. The first-order chi connectivity index (χ1) is 36.7. The van der Waals surface area contributed by atoms with Crippen molar-refractivity contribution in [3.8, 4) is 45.4 Å². The van der Waals surface area contributed by atoms with Gasteiger partial charge >= 0.3 is 6.16 Å². The lowest BCUT2D eigenvalue weighted by Gasteiger charge is -2.49. The lowest BCUT2D eigenvalue weighted by Crippen LogP contribution is -2.51. The smallest absolute Gasteiger partial charge is 0.497 e. The highest BCUT2D eigenvalue weighted by molar-refractivity contribution is 5.65. The SMILES string of the molecule is COc1ccc(-n2nc(C3(O)CCC(OC(C)OC(=O)OC(C)OC4(C5CCCCC5)CCC(O)(c5cc(-c6ccc(C)cc6)n(-c6ccc(OC)cc6)n5)CC4)(C4CCCCC4)CC3)cc2-c2ccc(C)cc2)cc1. The molecule has 2 heterocycles. The van der Waals surface area contributed by atoms with Gasteiger partial charge in [-0.3, -0.25) is 0 Å². The Morgan fingerprint density at radius 3 is 1.18 bits per heavy atom. The zero-order valence-electron chi connectivity index (χ0n) is 45.5. The van der Waals surface area contributed by atoms with Gasteiger partial charge in [-0.15, -0.1) is 0 Å². The monoisotopic (exact) mass is 1030 g/mol. The van der Waals surface area contributed by atoms with Crippen LogP contribution in [-0.2, 0) is 30.1 Å². The molecular formula is C63H78N4O9. The summed E-state index contributed by atoms with van der Waals surface area (Å²) in [5.74, 6) is 2.01. The Bertz CT molecular complexity index is 2670. The third-order valence-electron chi connectivity index (χ3n) is 17.6. The van der Waals surface area contributed by atoms with Gasteiger partial charge in [-0.25, -0.2) is 14.2 Å². The van der Waals surface area contributed by atoms with Crippen molar-refractivity contribution < 1.29 is 43.4 Å². The Kier molecular flexibility index (Phi) is 15.8. The second kappa shape index (κ2) is 22.5.